The molecule has 0 saturated heterocycles. The molecule has 0 fully saturated rings. The van der Waals surface area contributed by atoms with Crippen molar-refractivity contribution in [2.45, 2.75) is 91.6 Å². The Morgan fingerprint density at radius 1 is 0.938 bits per heavy atom. The predicted molar refractivity (Wildman–Crippen MR) is 72.7 cm³/mol. The van der Waals surface area contributed by atoms with Gasteiger partial charge in [0.05, 0.1) is 6.10 Å². The highest BCUT2D eigenvalue weighted by molar-refractivity contribution is 4.80. The van der Waals surface area contributed by atoms with E-state index in [1.54, 1.807) is 0 Å². The van der Waals surface area contributed by atoms with E-state index < -0.39 is 0 Å². The molecule has 0 aliphatic heterocycles. The Morgan fingerprint density at radius 3 is 2.06 bits per heavy atom. The van der Waals surface area contributed by atoms with E-state index in [0.29, 0.717) is 5.41 Å². The minimum Gasteiger partial charge on any atom is -0.393 e. The summed E-state index contributed by atoms with van der Waals surface area (Å²) >= 11 is 0. The van der Waals surface area contributed by atoms with Gasteiger partial charge in [0, 0.05) is 0 Å². The quantitative estimate of drug-likeness (QED) is 0.562. The average molecular weight is 228 g/mol. The molecular weight excluding hydrogens is 196 g/mol. The predicted octanol–water partition coefficient (Wildman–Crippen LogP) is 4.92. The van der Waals surface area contributed by atoms with Crippen LogP contribution in [-0.2, 0) is 0 Å². The Balaban J connectivity index is 4.35. The van der Waals surface area contributed by atoms with Crippen molar-refractivity contribution in [1.82, 2.24) is 0 Å². The first-order valence-electron chi connectivity index (χ1n) is 7.32. The number of hydrogen-bond acceptors (Lipinski definition) is 1. The highest BCUT2D eigenvalue weighted by Crippen LogP contribution is 2.39. The maximum absolute atomic E-state index is 10.0. The molecular formula is C15H32O. The van der Waals surface area contributed by atoms with E-state index in [-0.39, 0.29) is 6.10 Å². The van der Waals surface area contributed by atoms with Gasteiger partial charge in [-0.05, 0) is 31.1 Å². The minimum atomic E-state index is -0.0756. The lowest BCUT2D eigenvalue weighted by molar-refractivity contribution is 0.0722. The molecule has 0 radical (unpaired) electrons. The van der Waals surface area contributed by atoms with Crippen molar-refractivity contribution in [3.05, 3.63) is 0 Å². The van der Waals surface area contributed by atoms with Gasteiger partial charge in [0.2, 0.25) is 0 Å². The van der Waals surface area contributed by atoms with Crippen LogP contribution < -0.4 is 0 Å². The largest absolute Gasteiger partial charge is 0.393 e. The maximum atomic E-state index is 10.0. The van der Waals surface area contributed by atoms with Crippen molar-refractivity contribution in [3.63, 3.8) is 0 Å². The zero-order chi connectivity index (χ0) is 12.4. The molecule has 1 N–H and O–H groups in total. The van der Waals surface area contributed by atoms with Crippen LogP contribution in [0.15, 0.2) is 0 Å². The van der Waals surface area contributed by atoms with Crippen LogP contribution >= 0.6 is 0 Å². The molecule has 1 heteroatoms. The molecule has 0 spiro atoms. The first kappa shape index (κ1) is 16.0. The highest BCUT2D eigenvalue weighted by Gasteiger charge is 2.28. The van der Waals surface area contributed by atoms with E-state index in [1.807, 2.05) is 0 Å². The number of aliphatic hydroxyl groups excluding tert-OH is 1. The van der Waals surface area contributed by atoms with E-state index in [2.05, 4.69) is 27.7 Å². The molecule has 0 rings (SSSR count). The summed E-state index contributed by atoms with van der Waals surface area (Å²) in [5.41, 5.74) is 0.416. The van der Waals surface area contributed by atoms with Gasteiger partial charge in [-0.3, -0.25) is 0 Å². The van der Waals surface area contributed by atoms with Crippen LogP contribution in [0.3, 0.4) is 0 Å². The minimum absolute atomic E-state index is 0.0756. The molecule has 2 atom stereocenters. The fourth-order valence-corrected chi connectivity index (χ4v) is 2.84. The van der Waals surface area contributed by atoms with Gasteiger partial charge < -0.3 is 5.11 Å². The van der Waals surface area contributed by atoms with Crippen molar-refractivity contribution < 1.29 is 5.11 Å². The standard InChI is InChI=1S/C15H32O/c1-5-9-12-15(8-4,11-7-3)13-14(16)10-6-2/h14,16H,5-13H2,1-4H3. The van der Waals surface area contributed by atoms with E-state index >= 15 is 0 Å². The van der Waals surface area contributed by atoms with Gasteiger partial charge in [-0.2, -0.15) is 0 Å². The lowest BCUT2D eigenvalue weighted by Crippen LogP contribution is -2.26. The second kappa shape index (κ2) is 9.04. The summed E-state index contributed by atoms with van der Waals surface area (Å²) in [5, 5.41) is 10.0. The van der Waals surface area contributed by atoms with Gasteiger partial charge in [0.1, 0.15) is 0 Å². The van der Waals surface area contributed by atoms with Crippen molar-refractivity contribution in [2.24, 2.45) is 5.41 Å². The monoisotopic (exact) mass is 228 g/mol. The molecule has 0 amide bonds. The Labute approximate surface area is 103 Å². The molecule has 16 heavy (non-hydrogen) atoms. The Hall–Kier alpha value is -0.0400. The third-order valence-electron chi connectivity index (χ3n) is 3.88. The molecule has 0 aliphatic rings. The van der Waals surface area contributed by atoms with Gasteiger partial charge in [0.15, 0.2) is 0 Å². The van der Waals surface area contributed by atoms with Crippen molar-refractivity contribution in [2.75, 3.05) is 0 Å². The molecule has 0 aliphatic carbocycles. The number of unbranched alkanes of at least 4 members (excludes halogenated alkanes) is 1. The molecule has 1 nitrogen and oxygen atoms in total. The van der Waals surface area contributed by atoms with E-state index in [4.69, 9.17) is 0 Å². The third-order valence-corrected chi connectivity index (χ3v) is 3.88. The molecule has 0 aromatic heterocycles. The summed E-state index contributed by atoms with van der Waals surface area (Å²) in [6.45, 7) is 8.98. The topological polar surface area (TPSA) is 20.2 Å². The molecule has 0 bridgehead atoms. The number of hydrogen-bond donors (Lipinski definition) is 1. The van der Waals surface area contributed by atoms with Crippen molar-refractivity contribution in [1.29, 1.82) is 0 Å². The maximum Gasteiger partial charge on any atom is 0.0545 e. The zero-order valence-corrected chi connectivity index (χ0v) is 11.9. The average Bonchev–Trinajstić information content (AvgIpc) is 2.26. The number of rotatable bonds is 10. The smallest absolute Gasteiger partial charge is 0.0545 e. The van der Waals surface area contributed by atoms with Crippen LogP contribution in [0.2, 0.25) is 0 Å². The summed E-state index contributed by atoms with van der Waals surface area (Å²) in [4.78, 5) is 0. The molecule has 0 heterocycles. The van der Waals surface area contributed by atoms with E-state index in [9.17, 15) is 5.11 Å². The second-order valence-corrected chi connectivity index (χ2v) is 5.35. The molecule has 2 unspecified atom stereocenters. The van der Waals surface area contributed by atoms with Gasteiger partial charge in [-0.25, -0.2) is 0 Å². The van der Waals surface area contributed by atoms with Crippen LogP contribution in [-0.4, -0.2) is 11.2 Å². The van der Waals surface area contributed by atoms with Gasteiger partial charge in [-0.1, -0.05) is 59.8 Å². The van der Waals surface area contributed by atoms with E-state index in [0.717, 1.165) is 19.3 Å². The van der Waals surface area contributed by atoms with Crippen LogP contribution in [0.1, 0.15) is 85.5 Å². The van der Waals surface area contributed by atoms with Crippen molar-refractivity contribution >= 4 is 0 Å². The van der Waals surface area contributed by atoms with Crippen molar-refractivity contribution in [3.8, 4) is 0 Å². The van der Waals surface area contributed by atoms with Crippen LogP contribution in [0, 0.1) is 5.41 Å². The van der Waals surface area contributed by atoms with Gasteiger partial charge >= 0.3 is 0 Å². The summed E-state index contributed by atoms with van der Waals surface area (Å²) < 4.78 is 0. The Kier molecular flexibility index (Phi) is 9.02. The molecule has 98 valence electrons. The normalized spacial score (nSPS) is 17.1. The molecule has 0 saturated carbocycles. The third kappa shape index (κ3) is 5.89. The van der Waals surface area contributed by atoms with Gasteiger partial charge in [-0.15, -0.1) is 0 Å². The van der Waals surface area contributed by atoms with Crippen LogP contribution in [0.4, 0.5) is 0 Å². The van der Waals surface area contributed by atoms with Crippen LogP contribution in [0.25, 0.3) is 0 Å². The fourth-order valence-electron chi connectivity index (χ4n) is 2.84. The fraction of sp³-hybridized carbons (Fsp3) is 1.00. The lowest BCUT2D eigenvalue weighted by atomic mass is 9.72. The molecule has 0 aromatic rings. The Bertz CT molecular complexity index is 156. The summed E-state index contributed by atoms with van der Waals surface area (Å²) in [5.74, 6) is 0. The second-order valence-electron chi connectivity index (χ2n) is 5.35. The number of aliphatic hydroxyl groups is 1. The first-order valence-corrected chi connectivity index (χ1v) is 7.32. The summed E-state index contributed by atoms with van der Waals surface area (Å²) in [7, 11) is 0. The zero-order valence-electron chi connectivity index (χ0n) is 11.9. The van der Waals surface area contributed by atoms with Gasteiger partial charge in [0.25, 0.3) is 0 Å². The lowest BCUT2D eigenvalue weighted by Gasteiger charge is -2.35. The first-order chi connectivity index (χ1) is 7.64. The summed E-state index contributed by atoms with van der Waals surface area (Å²) in [6.07, 6.45) is 10.6. The highest BCUT2D eigenvalue weighted by atomic mass is 16.3. The summed E-state index contributed by atoms with van der Waals surface area (Å²) in [6, 6.07) is 0. The van der Waals surface area contributed by atoms with E-state index in [1.165, 1.54) is 38.5 Å². The Morgan fingerprint density at radius 2 is 1.62 bits per heavy atom. The molecule has 0 aromatic carbocycles. The SMILES string of the molecule is CCCCC(CC)(CCC)CC(O)CCC. The van der Waals surface area contributed by atoms with Crippen LogP contribution in [0.5, 0.6) is 0 Å².